The van der Waals surface area contributed by atoms with Crippen molar-refractivity contribution >= 4 is 69.1 Å². The second kappa shape index (κ2) is 34.4. The molecule has 0 aromatic heterocycles. The zero-order valence-corrected chi connectivity index (χ0v) is 46.7. The van der Waals surface area contributed by atoms with E-state index in [-0.39, 0.29) is 37.1 Å². The molecule has 0 aliphatic heterocycles. The molecule has 0 spiro atoms. The van der Waals surface area contributed by atoms with E-state index >= 15 is 0 Å². The molecule has 362 valence electrons. The second-order valence-electron chi connectivity index (χ2n) is 18.6. The molecule has 65 heavy (non-hydrogen) atoms. The van der Waals surface area contributed by atoms with Gasteiger partial charge in [-0.2, -0.15) is 0 Å². The first-order chi connectivity index (χ1) is 30.9. The molecule has 0 N–H and O–H groups in total. The third kappa shape index (κ3) is 23.3. The van der Waals surface area contributed by atoms with Crippen molar-refractivity contribution in [1.82, 2.24) is 0 Å². The van der Waals surface area contributed by atoms with Crippen molar-refractivity contribution in [3.05, 3.63) is 82.9 Å². The van der Waals surface area contributed by atoms with Gasteiger partial charge in [0, 0.05) is 10.8 Å². The number of hydrogen-bond acceptors (Lipinski definition) is 6. The molecule has 4 aromatic carbocycles. The third-order valence-corrected chi connectivity index (χ3v) is 14.7. The Bertz CT molecular complexity index is 1960. The van der Waals surface area contributed by atoms with E-state index in [4.69, 9.17) is 0 Å². The Morgan fingerprint density at radius 1 is 0.354 bits per heavy atom. The fraction of sp³-hybridized carbons (Fsp3) is 0.643. The van der Waals surface area contributed by atoms with Gasteiger partial charge in [-0.1, -0.05) is 230 Å². The molecule has 0 aliphatic rings. The van der Waals surface area contributed by atoms with Crippen LogP contribution in [0, 0.1) is 0 Å². The largest absolute Gasteiger partial charge is 2.00 e. The van der Waals surface area contributed by atoms with Gasteiger partial charge in [-0.25, -0.2) is 16.8 Å². The minimum absolute atomic E-state index is 0. The van der Waals surface area contributed by atoms with Crippen molar-refractivity contribution < 1.29 is 25.9 Å². The summed E-state index contributed by atoms with van der Waals surface area (Å²) in [6.45, 7) is 8.90. The summed E-state index contributed by atoms with van der Waals surface area (Å²) in [5.41, 5.74) is 3.92. The van der Waals surface area contributed by atoms with E-state index in [2.05, 4.69) is 39.8 Å². The van der Waals surface area contributed by atoms with Gasteiger partial charge in [-0.05, 0) is 96.5 Å². The minimum Gasteiger partial charge on any atom is -0.744 e. The maximum Gasteiger partial charge on any atom is 2.00 e. The first-order valence-electron chi connectivity index (χ1n) is 25.9. The van der Waals surface area contributed by atoms with E-state index in [1.54, 1.807) is 12.1 Å². The van der Waals surface area contributed by atoms with Gasteiger partial charge in [0.15, 0.2) is 0 Å². The summed E-state index contributed by atoms with van der Waals surface area (Å²) in [7, 11) is -9.03. The zero-order chi connectivity index (χ0) is 46.5. The summed E-state index contributed by atoms with van der Waals surface area (Å²) in [6.07, 6.45) is 37.4. The Morgan fingerprint density at radius 2 is 0.615 bits per heavy atom. The van der Waals surface area contributed by atoms with Crippen LogP contribution in [0.5, 0.6) is 0 Å². The van der Waals surface area contributed by atoms with Crippen molar-refractivity contribution in [2.24, 2.45) is 0 Å². The maximum atomic E-state index is 12.1. The Kier molecular flexibility index (Phi) is 31.4. The van der Waals surface area contributed by atoms with Crippen LogP contribution in [-0.4, -0.2) is 53.2 Å². The van der Waals surface area contributed by atoms with Gasteiger partial charge in [0.1, 0.15) is 20.2 Å². The molecule has 0 bridgehead atoms. The van der Waals surface area contributed by atoms with E-state index in [9.17, 15) is 25.9 Å². The molecule has 0 amide bonds. The van der Waals surface area contributed by atoms with Crippen molar-refractivity contribution in [3.63, 3.8) is 0 Å². The number of hydrogen-bond donors (Lipinski definition) is 0. The molecule has 0 heterocycles. The number of rotatable bonds is 34. The maximum absolute atomic E-state index is 12.1. The van der Waals surface area contributed by atoms with Gasteiger partial charge in [0.05, 0.1) is 9.79 Å². The normalized spacial score (nSPS) is 11.8. The molecular formula is C56H86O6PbS2. The van der Waals surface area contributed by atoms with E-state index in [0.717, 1.165) is 110 Å². The van der Waals surface area contributed by atoms with Gasteiger partial charge in [-0.3, -0.25) is 0 Å². The zero-order valence-electron chi connectivity index (χ0n) is 41.2. The number of unbranched alkanes of at least 4 members (excludes halogenated alkanes) is 24. The first kappa shape index (κ1) is 59.3. The molecule has 0 aliphatic carbocycles. The standard InChI is InChI=1S/2C28H44O3S.Pb/c2*1-3-5-7-9-11-13-15-18-24-22-26-21-17-20-25(19-16-14-12-10-8-6-4-2)28(26)27(23-24)32(29,30)31;/h2*17,20-23H,3-16,18-19H2,1-2H3,(H,29,30,31);/q;;+2/p-2. The van der Waals surface area contributed by atoms with Gasteiger partial charge in [0.2, 0.25) is 0 Å². The van der Waals surface area contributed by atoms with Gasteiger partial charge in [-0.15, -0.1) is 0 Å². The summed E-state index contributed by atoms with van der Waals surface area (Å²) in [4.78, 5) is -0.0435. The molecule has 6 nitrogen and oxygen atoms in total. The number of fused-ring (bicyclic) bond motifs is 2. The van der Waals surface area contributed by atoms with E-state index in [0.29, 0.717) is 10.8 Å². The molecule has 2 radical (unpaired) electrons. The van der Waals surface area contributed by atoms with Crippen LogP contribution >= 0.6 is 0 Å². The Labute approximate surface area is 418 Å². The van der Waals surface area contributed by atoms with Gasteiger partial charge >= 0.3 is 27.3 Å². The van der Waals surface area contributed by atoms with Crippen LogP contribution < -0.4 is 0 Å². The average Bonchev–Trinajstić information content (AvgIpc) is 3.26. The van der Waals surface area contributed by atoms with Crippen molar-refractivity contribution in [3.8, 4) is 0 Å². The van der Waals surface area contributed by atoms with Gasteiger partial charge in [0.25, 0.3) is 0 Å². The predicted molar refractivity (Wildman–Crippen MR) is 276 cm³/mol. The number of aryl methyl sites for hydroxylation is 4. The Hall–Kier alpha value is -1.86. The number of benzene rings is 4. The van der Waals surface area contributed by atoms with Crippen LogP contribution in [0.25, 0.3) is 21.5 Å². The smallest absolute Gasteiger partial charge is 0.744 e. The average molecular weight is 1130 g/mol. The topological polar surface area (TPSA) is 114 Å². The monoisotopic (exact) mass is 1130 g/mol. The van der Waals surface area contributed by atoms with E-state index < -0.39 is 20.2 Å². The van der Waals surface area contributed by atoms with Crippen LogP contribution in [0.3, 0.4) is 0 Å². The van der Waals surface area contributed by atoms with Crippen LogP contribution in [0.15, 0.2) is 70.5 Å². The predicted octanol–water partition coefficient (Wildman–Crippen LogP) is 16.3. The molecule has 4 aromatic rings. The summed E-state index contributed by atoms with van der Waals surface area (Å²) < 4.78 is 72.9. The Balaban J connectivity index is 0.000000440. The van der Waals surface area contributed by atoms with Crippen LogP contribution in [0.1, 0.15) is 230 Å². The molecule has 0 atom stereocenters. The van der Waals surface area contributed by atoms with Crippen molar-refractivity contribution in [2.75, 3.05) is 0 Å². The summed E-state index contributed by atoms with van der Waals surface area (Å²) in [5.74, 6) is 0. The summed E-state index contributed by atoms with van der Waals surface area (Å²) in [5, 5.41) is 3.08. The van der Waals surface area contributed by atoms with E-state index in [1.165, 1.54) is 128 Å². The van der Waals surface area contributed by atoms with Crippen LogP contribution in [0.2, 0.25) is 0 Å². The molecule has 4 rings (SSSR count). The second-order valence-corrected chi connectivity index (χ2v) is 21.3. The Morgan fingerprint density at radius 3 is 0.892 bits per heavy atom. The third-order valence-electron chi connectivity index (χ3n) is 12.9. The SMILES string of the molecule is CCCCCCCCCc1cc(S(=O)(=O)[O-])c2c(CCCCCCCCC)cccc2c1.CCCCCCCCCc1cc(S(=O)(=O)[O-])c2c(CCCCCCCCC)cccc2c1.[Pb+2]. The van der Waals surface area contributed by atoms with Crippen molar-refractivity contribution in [1.29, 1.82) is 0 Å². The summed E-state index contributed by atoms with van der Waals surface area (Å²) in [6, 6.07) is 19.4. The first-order valence-corrected chi connectivity index (χ1v) is 28.8. The van der Waals surface area contributed by atoms with E-state index in [1.807, 2.05) is 36.4 Å². The van der Waals surface area contributed by atoms with Crippen LogP contribution in [-0.2, 0) is 45.9 Å². The fourth-order valence-corrected chi connectivity index (χ4v) is 10.9. The molecule has 0 saturated heterocycles. The summed E-state index contributed by atoms with van der Waals surface area (Å²) >= 11 is 0. The molecule has 9 heteroatoms. The molecule has 0 unspecified atom stereocenters. The van der Waals surface area contributed by atoms with Crippen molar-refractivity contribution in [2.45, 2.75) is 243 Å². The molecular weight excluding hydrogens is 1040 g/mol. The van der Waals surface area contributed by atoms with Crippen LogP contribution in [0.4, 0.5) is 0 Å². The molecule has 0 fully saturated rings. The fourth-order valence-electron chi connectivity index (χ4n) is 9.26. The molecule has 0 saturated carbocycles. The quantitative estimate of drug-likeness (QED) is 0.0261. The minimum atomic E-state index is -4.52. The van der Waals surface area contributed by atoms with Gasteiger partial charge < -0.3 is 9.11 Å².